The molecule has 3 nitrogen and oxygen atoms in total. The topological polar surface area (TPSA) is 24.5 Å². The summed E-state index contributed by atoms with van der Waals surface area (Å²) in [5.74, 6) is 0.690. The van der Waals surface area contributed by atoms with Crippen molar-refractivity contribution in [3.05, 3.63) is 0 Å². The molecule has 0 amide bonds. The van der Waals surface area contributed by atoms with Gasteiger partial charge < -0.3 is 10.1 Å². The van der Waals surface area contributed by atoms with Crippen LogP contribution in [0.1, 0.15) is 34.1 Å². The van der Waals surface area contributed by atoms with Crippen molar-refractivity contribution in [3.8, 4) is 0 Å². The van der Waals surface area contributed by atoms with Crippen molar-refractivity contribution in [1.29, 1.82) is 0 Å². The number of nitrogens with zero attached hydrogens (tertiary/aromatic N) is 1. The summed E-state index contributed by atoms with van der Waals surface area (Å²) in [5.41, 5.74) is 0.140. The van der Waals surface area contributed by atoms with Gasteiger partial charge in [-0.05, 0) is 40.2 Å². The molecule has 0 aromatic carbocycles. The normalized spacial score (nSPS) is 33.0. The predicted octanol–water partition coefficient (Wildman–Crippen LogP) is 1.73. The van der Waals surface area contributed by atoms with Crippen LogP contribution in [0.25, 0.3) is 0 Å². The molecule has 0 aromatic rings. The van der Waals surface area contributed by atoms with Crippen molar-refractivity contribution in [2.75, 3.05) is 27.3 Å². The Morgan fingerprint density at radius 3 is 2.50 bits per heavy atom. The summed E-state index contributed by atoms with van der Waals surface area (Å²) in [4.78, 5) is 2.59. The lowest BCUT2D eigenvalue weighted by molar-refractivity contribution is -0.0321. The van der Waals surface area contributed by atoms with Gasteiger partial charge in [-0.15, -0.1) is 0 Å². The molecule has 1 aliphatic rings. The maximum Gasteiger partial charge on any atom is 0.0641 e. The molecule has 3 unspecified atom stereocenters. The van der Waals surface area contributed by atoms with Gasteiger partial charge in [-0.25, -0.2) is 0 Å². The van der Waals surface area contributed by atoms with Gasteiger partial charge in [0.25, 0.3) is 0 Å². The lowest BCUT2D eigenvalue weighted by Crippen LogP contribution is -2.60. The molecule has 0 spiro atoms. The van der Waals surface area contributed by atoms with E-state index in [9.17, 15) is 0 Å². The molecule has 16 heavy (non-hydrogen) atoms. The second-order valence-electron chi connectivity index (χ2n) is 5.72. The molecular weight excluding hydrogens is 200 g/mol. The third kappa shape index (κ3) is 2.76. The summed E-state index contributed by atoms with van der Waals surface area (Å²) in [6.07, 6.45) is 1.23. The largest absolute Gasteiger partial charge is 0.383 e. The fraction of sp³-hybridized carbons (Fsp3) is 1.00. The first kappa shape index (κ1) is 13.9. The van der Waals surface area contributed by atoms with Crippen LogP contribution < -0.4 is 5.32 Å². The minimum atomic E-state index is 0.140. The monoisotopic (exact) mass is 228 g/mol. The highest BCUT2D eigenvalue weighted by atomic mass is 16.5. The van der Waals surface area contributed by atoms with E-state index in [1.807, 2.05) is 0 Å². The average molecular weight is 228 g/mol. The second-order valence-corrected chi connectivity index (χ2v) is 5.72. The zero-order valence-corrected chi connectivity index (χ0v) is 11.7. The molecule has 96 valence electrons. The van der Waals surface area contributed by atoms with E-state index < -0.39 is 0 Å². The zero-order valence-electron chi connectivity index (χ0n) is 11.7. The number of methoxy groups -OCH3 is 1. The van der Waals surface area contributed by atoms with Gasteiger partial charge in [-0.3, -0.25) is 4.90 Å². The van der Waals surface area contributed by atoms with Crippen molar-refractivity contribution < 1.29 is 4.74 Å². The average Bonchev–Trinajstić information content (AvgIpc) is 2.21. The van der Waals surface area contributed by atoms with E-state index in [4.69, 9.17) is 4.74 Å². The van der Waals surface area contributed by atoms with Crippen molar-refractivity contribution in [2.24, 2.45) is 5.92 Å². The smallest absolute Gasteiger partial charge is 0.0641 e. The number of hydrogen-bond acceptors (Lipinski definition) is 3. The summed E-state index contributed by atoms with van der Waals surface area (Å²) in [6, 6.07) is 1.26. The van der Waals surface area contributed by atoms with E-state index in [1.165, 1.54) is 6.42 Å². The Hall–Kier alpha value is -0.120. The first-order chi connectivity index (χ1) is 7.44. The Labute approximate surface area is 101 Å². The Bertz CT molecular complexity index is 218. The highest BCUT2D eigenvalue weighted by Crippen LogP contribution is 2.29. The predicted molar refractivity (Wildman–Crippen MR) is 68.8 cm³/mol. The van der Waals surface area contributed by atoms with Crippen LogP contribution >= 0.6 is 0 Å². The fourth-order valence-corrected chi connectivity index (χ4v) is 3.06. The first-order valence-electron chi connectivity index (χ1n) is 6.37. The third-order valence-corrected chi connectivity index (χ3v) is 4.21. The van der Waals surface area contributed by atoms with E-state index in [1.54, 1.807) is 7.11 Å². The molecule has 0 bridgehead atoms. The van der Waals surface area contributed by atoms with Crippen LogP contribution in [0.2, 0.25) is 0 Å². The molecule has 0 aromatic heterocycles. The van der Waals surface area contributed by atoms with Gasteiger partial charge in [-0.2, -0.15) is 0 Å². The van der Waals surface area contributed by atoms with E-state index in [-0.39, 0.29) is 5.54 Å². The molecule has 3 heteroatoms. The van der Waals surface area contributed by atoms with Crippen molar-refractivity contribution in [3.63, 3.8) is 0 Å². The number of ether oxygens (including phenoxy) is 1. The zero-order chi connectivity index (χ0) is 12.3. The quantitative estimate of drug-likeness (QED) is 0.793. The van der Waals surface area contributed by atoms with E-state index in [0.29, 0.717) is 18.0 Å². The van der Waals surface area contributed by atoms with Crippen LogP contribution in [0.3, 0.4) is 0 Å². The number of nitrogens with one attached hydrogen (secondary N) is 1. The molecular formula is C13H28N2O. The Morgan fingerprint density at radius 1 is 1.38 bits per heavy atom. The van der Waals surface area contributed by atoms with Crippen LogP contribution in [0, 0.1) is 5.92 Å². The molecule has 1 N–H and O–H groups in total. The van der Waals surface area contributed by atoms with Crippen LogP contribution in [0.4, 0.5) is 0 Å². The SMILES string of the molecule is CNC1CCN(C(C)(C)COC)C(C)C1C. The molecule has 0 saturated carbocycles. The highest BCUT2D eigenvalue weighted by Gasteiger charge is 2.38. The molecule has 0 aliphatic carbocycles. The maximum absolute atomic E-state index is 5.34. The minimum Gasteiger partial charge on any atom is -0.383 e. The molecule has 1 saturated heterocycles. The van der Waals surface area contributed by atoms with Crippen LogP contribution in [-0.4, -0.2) is 49.8 Å². The van der Waals surface area contributed by atoms with Crippen LogP contribution in [0.5, 0.6) is 0 Å². The highest BCUT2D eigenvalue weighted by molar-refractivity contribution is 4.94. The van der Waals surface area contributed by atoms with Gasteiger partial charge in [0, 0.05) is 31.3 Å². The minimum absolute atomic E-state index is 0.140. The van der Waals surface area contributed by atoms with E-state index >= 15 is 0 Å². The Balaban J connectivity index is 2.70. The summed E-state index contributed by atoms with van der Waals surface area (Å²) >= 11 is 0. The summed E-state index contributed by atoms with van der Waals surface area (Å²) in [5, 5.41) is 3.43. The molecule has 1 rings (SSSR count). The Morgan fingerprint density at radius 2 is 2.00 bits per heavy atom. The summed E-state index contributed by atoms with van der Waals surface area (Å²) in [6.45, 7) is 11.2. The second kappa shape index (κ2) is 5.48. The van der Waals surface area contributed by atoms with Gasteiger partial charge in [0.15, 0.2) is 0 Å². The molecule has 1 aliphatic heterocycles. The van der Waals surface area contributed by atoms with Gasteiger partial charge in [0.05, 0.1) is 6.61 Å². The van der Waals surface area contributed by atoms with Crippen molar-refractivity contribution in [1.82, 2.24) is 10.2 Å². The molecule has 3 atom stereocenters. The lowest BCUT2D eigenvalue weighted by atomic mass is 9.84. The maximum atomic E-state index is 5.34. The number of hydrogen-bond donors (Lipinski definition) is 1. The van der Waals surface area contributed by atoms with Crippen molar-refractivity contribution in [2.45, 2.75) is 51.7 Å². The van der Waals surface area contributed by atoms with Gasteiger partial charge >= 0.3 is 0 Å². The summed E-state index contributed by atoms with van der Waals surface area (Å²) < 4.78 is 5.34. The third-order valence-electron chi connectivity index (χ3n) is 4.21. The number of piperidine rings is 1. The fourth-order valence-electron chi connectivity index (χ4n) is 3.06. The summed E-state index contributed by atoms with van der Waals surface area (Å²) in [7, 11) is 3.86. The molecule has 1 fully saturated rings. The van der Waals surface area contributed by atoms with Gasteiger partial charge in [-0.1, -0.05) is 6.92 Å². The molecule has 1 heterocycles. The Kier molecular flexibility index (Phi) is 4.77. The lowest BCUT2D eigenvalue weighted by Gasteiger charge is -2.50. The number of likely N-dealkylation sites (tertiary alicyclic amines) is 1. The van der Waals surface area contributed by atoms with E-state index in [0.717, 1.165) is 13.2 Å². The van der Waals surface area contributed by atoms with Gasteiger partial charge in [0.2, 0.25) is 0 Å². The standard InChI is InChI=1S/C13H28N2O/c1-10-11(2)15(8-7-12(10)14-5)13(3,4)9-16-6/h10-12,14H,7-9H2,1-6H3. The first-order valence-corrected chi connectivity index (χ1v) is 6.37. The van der Waals surface area contributed by atoms with Crippen LogP contribution in [0.15, 0.2) is 0 Å². The number of rotatable bonds is 4. The van der Waals surface area contributed by atoms with Gasteiger partial charge in [0.1, 0.15) is 0 Å². The molecule has 0 radical (unpaired) electrons. The van der Waals surface area contributed by atoms with E-state index in [2.05, 4.69) is 45.0 Å². The van der Waals surface area contributed by atoms with Crippen LogP contribution in [-0.2, 0) is 4.74 Å². The van der Waals surface area contributed by atoms with Crippen molar-refractivity contribution >= 4 is 0 Å².